The summed E-state index contributed by atoms with van der Waals surface area (Å²) in [6.45, 7) is 0.748. The molecule has 5 rings (SSSR count). The number of piperidine rings is 1. The normalized spacial score (nSPS) is 35.6. The first-order valence-electron chi connectivity index (χ1n) is 10.8. The van der Waals surface area contributed by atoms with E-state index < -0.39 is 22.9 Å². The first-order valence-corrected chi connectivity index (χ1v) is 10.8. The van der Waals surface area contributed by atoms with Gasteiger partial charge in [-0.15, -0.1) is 0 Å². The van der Waals surface area contributed by atoms with Crippen LogP contribution in [0.4, 0.5) is 0 Å². The van der Waals surface area contributed by atoms with Gasteiger partial charge in [0.25, 0.3) is 0 Å². The zero-order valence-corrected chi connectivity index (χ0v) is 16.9. The molecule has 4 aliphatic rings. The molecule has 3 N–H and O–H groups in total. The fourth-order valence-corrected chi connectivity index (χ4v) is 6.30. The molecule has 6 nitrogen and oxygen atoms in total. The second-order valence-corrected chi connectivity index (χ2v) is 9.57. The smallest absolute Gasteiger partial charge is 0.304 e. The third-order valence-electron chi connectivity index (χ3n) is 7.94. The van der Waals surface area contributed by atoms with Crippen molar-refractivity contribution in [3.8, 4) is 5.75 Å². The van der Waals surface area contributed by atoms with Gasteiger partial charge in [0.15, 0.2) is 0 Å². The Hall–Kier alpha value is -1.92. The predicted molar refractivity (Wildman–Crippen MR) is 106 cm³/mol. The van der Waals surface area contributed by atoms with Gasteiger partial charge in [0, 0.05) is 23.8 Å². The van der Waals surface area contributed by atoms with E-state index in [2.05, 4.69) is 11.4 Å². The van der Waals surface area contributed by atoms with Crippen molar-refractivity contribution < 1.29 is 24.5 Å². The Labute approximate surface area is 170 Å². The maximum atomic E-state index is 13.0. The van der Waals surface area contributed by atoms with Crippen molar-refractivity contribution in [3.63, 3.8) is 0 Å². The van der Waals surface area contributed by atoms with Crippen LogP contribution in [0.5, 0.6) is 5.75 Å². The summed E-state index contributed by atoms with van der Waals surface area (Å²) in [4.78, 5) is 24.3. The molecule has 0 spiro atoms. The topological polar surface area (TPSA) is 95.9 Å². The van der Waals surface area contributed by atoms with Gasteiger partial charge >= 0.3 is 5.97 Å². The molecule has 1 saturated heterocycles. The van der Waals surface area contributed by atoms with Crippen molar-refractivity contribution in [1.82, 2.24) is 5.32 Å². The first kappa shape index (κ1) is 19.1. The molecule has 0 aromatic heterocycles. The lowest BCUT2D eigenvalue weighted by molar-refractivity contribution is -0.163. The Bertz CT molecular complexity index is 878. The SMILES string of the molecule is COc1cc(CC2CC2)c2c(c1)[C@]13CCN[C@H](C2)[C@]1(O)C[C@H](CC(=O)O)C(=O)C3. The standard InChI is InChI=1S/C23H29NO5/c1-29-16-7-14(6-13-2-3-13)17-10-20-23(28)11-15(8-21(26)27)19(25)12-22(23,4-5-24-20)18(17)9-16/h7,9,13,15,20,24,28H,2-6,8,10-12H2,1H3,(H,26,27)/t15-,20+,22+,23+/m0/s1. The molecule has 6 heteroatoms. The molecule has 1 aromatic rings. The number of methoxy groups -OCH3 is 1. The van der Waals surface area contributed by atoms with Crippen LogP contribution in [0.15, 0.2) is 12.1 Å². The number of carboxylic acid groups (broad SMARTS) is 1. The van der Waals surface area contributed by atoms with Crippen LogP contribution in [-0.4, -0.2) is 47.3 Å². The fourth-order valence-electron chi connectivity index (χ4n) is 6.30. The van der Waals surface area contributed by atoms with Gasteiger partial charge in [0.05, 0.1) is 19.1 Å². The van der Waals surface area contributed by atoms with Crippen molar-refractivity contribution >= 4 is 11.8 Å². The highest BCUT2D eigenvalue weighted by atomic mass is 16.5. The van der Waals surface area contributed by atoms with E-state index in [1.54, 1.807) is 7.11 Å². The van der Waals surface area contributed by atoms with Crippen molar-refractivity contribution in [1.29, 1.82) is 0 Å². The average Bonchev–Trinajstić information content (AvgIpc) is 3.46. The Morgan fingerprint density at radius 2 is 2.14 bits per heavy atom. The van der Waals surface area contributed by atoms with Crippen molar-refractivity contribution in [2.75, 3.05) is 13.7 Å². The van der Waals surface area contributed by atoms with Crippen LogP contribution in [0, 0.1) is 11.8 Å². The highest BCUT2D eigenvalue weighted by Crippen LogP contribution is 2.58. The molecule has 2 saturated carbocycles. The lowest BCUT2D eigenvalue weighted by Crippen LogP contribution is -2.73. The summed E-state index contributed by atoms with van der Waals surface area (Å²) in [6, 6.07) is 4.01. The van der Waals surface area contributed by atoms with Crippen molar-refractivity contribution in [2.45, 2.75) is 68.4 Å². The lowest BCUT2D eigenvalue weighted by Gasteiger charge is -2.62. The molecule has 3 fully saturated rings. The number of fused-ring (bicyclic) bond motifs is 1. The van der Waals surface area contributed by atoms with Crippen LogP contribution in [0.25, 0.3) is 0 Å². The number of hydrogen-bond donors (Lipinski definition) is 3. The van der Waals surface area contributed by atoms with Crippen LogP contribution < -0.4 is 10.1 Å². The summed E-state index contributed by atoms with van der Waals surface area (Å²) in [7, 11) is 1.66. The number of ketones is 1. The molecular formula is C23H29NO5. The highest BCUT2D eigenvalue weighted by molar-refractivity contribution is 5.88. The van der Waals surface area contributed by atoms with Gasteiger partial charge in [0.2, 0.25) is 0 Å². The highest BCUT2D eigenvalue weighted by Gasteiger charge is 2.65. The first-order chi connectivity index (χ1) is 13.9. The number of Topliss-reactive ketones (excluding diaryl/α,β-unsaturated/α-hetero) is 1. The summed E-state index contributed by atoms with van der Waals surface area (Å²) in [5.74, 6) is -0.118. The van der Waals surface area contributed by atoms with Gasteiger partial charge in [-0.2, -0.15) is 0 Å². The fraction of sp³-hybridized carbons (Fsp3) is 0.652. The lowest BCUT2D eigenvalue weighted by atomic mass is 9.47. The quantitative estimate of drug-likeness (QED) is 0.701. The monoisotopic (exact) mass is 399 g/mol. The van der Waals surface area contributed by atoms with E-state index in [0.717, 1.165) is 30.2 Å². The van der Waals surface area contributed by atoms with E-state index in [4.69, 9.17) is 4.74 Å². The van der Waals surface area contributed by atoms with E-state index in [1.807, 2.05) is 6.07 Å². The van der Waals surface area contributed by atoms with Crippen LogP contribution in [0.1, 0.15) is 55.2 Å². The number of hydrogen-bond acceptors (Lipinski definition) is 5. The molecule has 0 unspecified atom stereocenters. The second kappa shape index (κ2) is 6.54. The van der Waals surface area contributed by atoms with Gasteiger partial charge in [0.1, 0.15) is 11.5 Å². The molecule has 0 amide bonds. The molecule has 1 heterocycles. The average molecular weight is 399 g/mol. The predicted octanol–water partition coefficient (Wildman–Crippen LogP) is 1.99. The van der Waals surface area contributed by atoms with Gasteiger partial charge in [-0.25, -0.2) is 0 Å². The van der Waals surface area contributed by atoms with Crippen LogP contribution in [0.3, 0.4) is 0 Å². The molecule has 4 atom stereocenters. The zero-order chi connectivity index (χ0) is 20.4. The maximum Gasteiger partial charge on any atom is 0.304 e. The van der Waals surface area contributed by atoms with Crippen LogP contribution in [-0.2, 0) is 27.8 Å². The minimum atomic E-state index is -1.12. The summed E-state index contributed by atoms with van der Waals surface area (Å²) >= 11 is 0. The summed E-state index contributed by atoms with van der Waals surface area (Å²) < 4.78 is 5.61. The van der Waals surface area contributed by atoms with E-state index in [9.17, 15) is 19.8 Å². The Balaban J connectivity index is 1.64. The van der Waals surface area contributed by atoms with E-state index in [1.165, 1.54) is 24.0 Å². The third-order valence-corrected chi connectivity index (χ3v) is 7.94. The number of nitrogens with one attached hydrogen (secondary N) is 1. The third kappa shape index (κ3) is 2.83. The summed E-state index contributed by atoms with van der Waals surface area (Å²) in [5, 5.41) is 24.8. The molecule has 2 bridgehead atoms. The van der Waals surface area contributed by atoms with Crippen LogP contribution >= 0.6 is 0 Å². The van der Waals surface area contributed by atoms with Crippen molar-refractivity contribution in [2.24, 2.45) is 11.8 Å². The molecule has 29 heavy (non-hydrogen) atoms. The second-order valence-electron chi connectivity index (χ2n) is 9.57. The Morgan fingerprint density at radius 3 is 2.83 bits per heavy atom. The van der Waals surface area contributed by atoms with Gasteiger partial charge in [-0.3, -0.25) is 9.59 Å². The van der Waals surface area contributed by atoms with E-state index >= 15 is 0 Å². The van der Waals surface area contributed by atoms with Crippen LogP contribution in [0.2, 0.25) is 0 Å². The Morgan fingerprint density at radius 1 is 1.34 bits per heavy atom. The zero-order valence-electron chi connectivity index (χ0n) is 16.9. The number of benzene rings is 1. The molecule has 156 valence electrons. The summed E-state index contributed by atoms with van der Waals surface area (Å²) in [5.41, 5.74) is 1.85. The molecule has 3 aliphatic carbocycles. The largest absolute Gasteiger partial charge is 0.497 e. The molecular weight excluding hydrogens is 370 g/mol. The van der Waals surface area contributed by atoms with E-state index in [0.29, 0.717) is 12.8 Å². The molecule has 0 radical (unpaired) electrons. The number of ether oxygens (including phenoxy) is 1. The minimum Gasteiger partial charge on any atom is -0.497 e. The minimum absolute atomic E-state index is 0.0304. The Kier molecular flexibility index (Phi) is 4.30. The number of carbonyl (C=O) groups excluding carboxylic acids is 1. The number of aliphatic hydroxyl groups is 1. The van der Waals surface area contributed by atoms with Gasteiger partial charge in [-0.05, 0) is 79.8 Å². The number of aliphatic carboxylic acids is 1. The molecule has 1 aromatic carbocycles. The summed E-state index contributed by atoms with van der Waals surface area (Å²) in [6.07, 6.45) is 5.16. The number of carbonyl (C=O) groups is 2. The van der Waals surface area contributed by atoms with Crippen molar-refractivity contribution in [3.05, 3.63) is 28.8 Å². The number of rotatable bonds is 5. The van der Waals surface area contributed by atoms with E-state index in [-0.39, 0.29) is 31.1 Å². The molecule has 1 aliphatic heterocycles. The number of carboxylic acids is 1. The van der Waals surface area contributed by atoms with Gasteiger partial charge in [-0.1, -0.05) is 0 Å². The van der Waals surface area contributed by atoms with Gasteiger partial charge < -0.3 is 20.3 Å². The maximum absolute atomic E-state index is 13.0.